The first-order valence-corrected chi connectivity index (χ1v) is 7.53. The molecule has 0 aliphatic heterocycles. The number of anilines is 1. The fourth-order valence-corrected chi connectivity index (χ4v) is 2.57. The fourth-order valence-electron chi connectivity index (χ4n) is 1.48. The summed E-state index contributed by atoms with van der Waals surface area (Å²) in [6, 6.07) is 11.5. The predicted molar refractivity (Wildman–Crippen MR) is 85.6 cm³/mol. The van der Waals surface area contributed by atoms with E-state index in [0.29, 0.717) is 16.6 Å². The Hall–Kier alpha value is -0.220. The number of nitrogens with one attached hydrogen (secondary N) is 1. The van der Waals surface area contributed by atoms with E-state index in [9.17, 15) is 0 Å². The zero-order valence-electron chi connectivity index (χ0n) is 9.18. The molecule has 0 bridgehead atoms. The summed E-state index contributed by atoms with van der Waals surface area (Å²) < 4.78 is 1.88. The van der Waals surface area contributed by atoms with Crippen LogP contribution in [0.3, 0.4) is 0 Å². The molecule has 2 aromatic rings. The lowest BCUT2D eigenvalue weighted by Crippen LogP contribution is -2.00. The van der Waals surface area contributed by atoms with E-state index < -0.39 is 0 Å². The molecule has 0 heterocycles. The van der Waals surface area contributed by atoms with E-state index in [2.05, 4.69) is 37.2 Å². The second-order valence-electron chi connectivity index (χ2n) is 3.73. The van der Waals surface area contributed by atoms with Gasteiger partial charge in [0.05, 0.1) is 15.7 Å². The largest absolute Gasteiger partial charge is 0.380 e. The lowest BCUT2D eigenvalue weighted by molar-refractivity contribution is 1.15. The summed E-state index contributed by atoms with van der Waals surface area (Å²) in [5.41, 5.74) is 2.03. The van der Waals surface area contributed by atoms with Crippen LogP contribution in [0.5, 0.6) is 0 Å². The van der Waals surface area contributed by atoms with Crippen LogP contribution in [0.15, 0.2) is 45.3 Å². The monoisotopic (exact) mass is 407 g/mol. The topological polar surface area (TPSA) is 12.0 Å². The molecule has 0 radical (unpaired) electrons. The summed E-state index contributed by atoms with van der Waals surface area (Å²) in [6.45, 7) is 0.686. The van der Waals surface area contributed by atoms with Crippen LogP contribution in [-0.4, -0.2) is 0 Å². The van der Waals surface area contributed by atoms with Crippen molar-refractivity contribution in [2.24, 2.45) is 0 Å². The zero-order valence-corrected chi connectivity index (χ0v) is 13.9. The number of benzene rings is 2. The normalized spacial score (nSPS) is 10.4. The summed E-state index contributed by atoms with van der Waals surface area (Å²) in [5.74, 6) is 0. The molecule has 0 aromatic heterocycles. The lowest BCUT2D eigenvalue weighted by Gasteiger charge is -2.09. The third kappa shape index (κ3) is 3.64. The Morgan fingerprint density at radius 1 is 0.944 bits per heavy atom. The van der Waals surface area contributed by atoms with Crippen molar-refractivity contribution in [2.45, 2.75) is 6.54 Å². The highest BCUT2D eigenvalue weighted by molar-refractivity contribution is 9.10. The van der Waals surface area contributed by atoms with Gasteiger partial charge >= 0.3 is 0 Å². The van der Waals surface area contributed by atoms with Crippen LogP contribution in [0.2, 0.25) is 10.0 Å². The van der Waals surface area contributed by atoms with Crippen LogP contribution in [0.4, 0.5) is 5.69 Å². The highest BCUT2D eigenvalue weighted by atomic mass is 79.9. The van der Waals surface area contributed by atoms with Crippen LogP contribution in [0.25, 0.3) is 0 Å². The van der Waals surface area contributed by atoms with Gasteiger partial charge in [-0.3, -0.25) is 0 Å². The first kappa shape index (κ1) is 14.2. The van der Waals surface area contributed by atoms with Gasteiger partial charge in [-0.2, -0.15) is 0 Å². The fraction of sp³-hybridized carbons (Fsp3) is 0.0769. The molecule has 0 aliphatic carbocycles. The lowest BCUT2D eigenvalue weighted by atomic mass is 10.2. The van der Waals surface area contributed by atoms with Gasteiger partial charge in [-0.25, -0.2) is 0 Å². The molecule has 94 valence electrons. The third-order valence-electron chi connectivity index (χ3n) is 2.40. The van der Waals surface area contributed by atoms with Gasteiger partial charge in [0.2, 0.25) is 0 Å². The van der Waals surface area contributed by atoms with Crippen molar-refractivity contribution in [1.29, 1.82) is 0 Å². The van der Waals surface area contributed by atoms with Crippen LogP contribution in [0.1, 0.15) is 5.56 Å². The van der Waals surface area contributed by atoms with Crippen molar-refractivity contribution in [3.63, 3.8) is 0 Å². The summed E-state index contributed by atoms with van der Waals surface area (Å²) in [4.78, 5) is 0. The molecule has 5 heteroatoms. The molecule has 1 N–H and O–H groups in total. The van der Waals surface area contributed by atoms with Gasteiger partial charge < -0.3 is 5.32 Å². The van der Waals surface area contributed by atoms with Crippen molar-refractivity contribution in [3.8, 4) is 0 Å². The third-order valence-corrected chi connectivity index (χ3v) is 4.43. The molecule has 2 rings (SSSR count). The summed E-state index contributed by atoms with van der Waals surface area (Å²) in [7, 11) is 0. The van der Waals surface area contributed by atoms with E-state index in [0.717, 1.165) is 20.2 Å². The SMILES string of the molecule is Clc1ccc(CNc2cc(Br)ccc2Cl)cc1Br. The predicted octanol–water partition coefficient (Wildman–Crippen LogP) is 6.13. The molecule has 0 spiro atoms. The van der Waals surface area contributed by atoms with E-state index in [4.69, 9.17) is 23.2 Å². The van der Waals surface area contributed by atoms with E-state index >= 15 is 0 Å². The molecular weight excluding hydrogens is 401 g/mol. The number of hydrogen-bond donors (Lipinski definition) is 1. The Labute approximate surface area is 133 Å². The number of hydrogen-bond acceptors (Lipinski definition) is 1. The van der Waals surface area contributed by atoms with Crippen LogP contribution >= 0.6 is 55.1 Å². The van der Waals surface area contributed by atoms with Gasteiger partial charge in [0.1, 0.15) is 0 Å². The molecule has 0 fully saturated rings. The second-order valence-corrected chi connectivity index (χ2v) is 6.31. The molecule has 0 amide bonds. The van der Waals surface area contributed by atoms with Crippen molar-refractivity contribution >= 4 is 60.7 Å². The van der Waals surface area contributed by atoms with Crippen LogP contribution in [0, 0.1) is 0 Å². The molecule has 0 atom stereocenters. The molecule has 0 saturated heterocycles. The highest BCUT2D eigenvalue weighted by Crippen LogP contribution is 2.27. The molecule has 0 unspecified atom stereocenters. The molecular formula is C13H9Br2Cl2N. The number of rotatable bonds is 3. The minimum atomic E-state index is 0.686. The average Bonchev–Trinajstić information content (AvgIpc) is 2.34. The Kier molecular flexibility index (Phi) is 4.96. The quantitative estimate of drug-likeness (QED) is 0.642. The van der Waals surface area contributed by atoms with E-state index in [1.807, 2.05) is 36.4 Å². The van der Waals surface area contributed by atoms with Gasteiger partial charge in [-0.1, -0.05) is 45.2 Å². The van der Waals surface area contributed by atoms with Gasteiger partial charge in [0, 0.05) is 15.5 Å². The van der Waals surface area contributed by atoms with E-state index in [-0.39, 0.29) is 0 Å². The highest BCUT2D eigenvalue weighted by Gasteiger charge is 2.02. The molecule has 0 aliphatic rings. The Bertz CT molecular complexity index is 573. The Morgan fingerprint density at radius 2 is 1.67 bits per heavy atom. The van der Waals surface area contributed by atoms with E-state index in [1.54, 1.807) is 0 Å². The molecule has 1 nitrogen and oxygen atoms in total. The Morgan fingerprint density at radius 3 is 2.39 bits per heavy atom. The standard InChI is InChI=1S/C13H9Br2Cl2N/c14-9-2-4-12(17)13(6-9)18-7-8-1-3-11(16)10(15)5-8/h1-6,18H,7H2. The average molecular weight is 410 g/mol. The molecule has 18 heavy (non-hydrogen) atoms. The van der Waals surface area contributed by atoms with Gasteiger partial charge in [-0.15, -0.1) is 0 Å². The van der Waals surface area contributed by atoms with Gasteiger partial charge in [0.25, 0.3) is 0 Å². The van der Waals surface area contributed by atoms with Crippen LogP contribution < -0.4 is 5.32 Å². The van der Waals surface area contributed by atoms with Crippen molar-refractivity contribution < 1.29 is 0 Å². The Balaban J connectivity index is 2.11. The zero-order chi connectivity index (χ0) is 13.1. The maximum absolute atomic E-state index is 6.11. The maximum atomic E-state index is 6.11. The summed E-state index contributed by atoms with van der Waals surface area (Å²) >= 11 is 18.9. The maximum Gasteiger partial charge on any atom is 0.0638 e. The summed E-state index contributed by atoms with van der Waals surface area (Å²) in [5, 5.41) is 4.70. The van der Waals surface area contributed by atoms with Gasteiger partial charge in [-0.05, 0) is 51.8 Å². The minimum Gasteiger partial charge on any atom is -0.380 e. The first-order valence-electron chi connectivity index (χ1n) is 5.19. The summed E-state index contributed by atoms with van der Waals surface area (Å²) in [6.07, 6.45) is 0. The van der Waals surface area contributed by atoms with Gasteiger partial charge in [0.15, 0.2) is 0 Å². The molecule has 2 aromatic carbocycles. The second kappa shape index (κ2) is 6.29. The number of halogens is 4. The van der Waals surface area contributed by atoms with Crippen molar-refractivity contribution in [2.75, 3.05) is 5.32 Å². The van der Waals surface area contributed by atoms with E-state index in [1.165, 1.54) is 0 Å². The minimum absolute atomic E-state index is 0.686. The molecule has 0 saturated carbocycles. The first-order chi connectivity index (χ1) is 8.56. The van der Waals surface area contributed by atoms with Crippen molar-refractivity contribution in [3.05, 3.63) is 61.0 Å². The smallest absolute Gasteiger partial charge is 0.0638 e. The van der Waals surface area contributed by atoms with Crippen LogP contribution in [-0.2, 0) is 6.54 Å². The van der Waals surface area contributed by atoms with Crippen molar-refractivity contribution in [1.82, 2.24) is 0 Å².